The molecule has 0 radical (unpaired) electrons. The number of aliphatic carboxylic acids is 1. The normalized spacial score (nSPS) is 26.2. The molecule has 0 spiro atoms. The number of thiazole rings is 1. The number of allylic oxidation sites excluding steroid dienone is 2. The zero-order valence-electron chi connectivity index (χ0n) is 13.4. The Morgan fingerprint density at radius 2 is 1.88 bits per heavy atom. The highest BCUT2D eigenvalue weighted by Crippen LogP contribution is 2.48. The van der Waals surface area contributed by atoms with Crippen molar-refractivity contribution >= 4 is 51.5 Å². The SMILES string of the molecule is O=C(Nc1nc(-c2ccc(Cl)c(Cl)c2)cs1)[C@@H]1[C@H](C(=O)O)[C@@H]2C=C[C@H]1C2. The van der Waals surface area contributed by atoms with Gasteiger partial charge in [0.15, 0.2) is 5.13 Å². The summed E-state index contributed by atoms with van der Waals surface area (Å²) in [7, 11) is 0. The van der Waals surface area contributed by atoms with Gasteiger partial charge in [0.05, 0.1) is 27.6 Å². The summed E-state index contributed by atoms with van der Waals surface area (Å²) < 4.78 is 0. The molecule has 1 aromatic heterocycles. The highest BCUT2D eigenvalue weighted by atomic mass is 35.5. The summed E-state index contributed by atoms with van der Waals surface area (Å²) >= 11 is 13.2. The fourth-order valence-electron chi connectivity index (χ4n) is 3.82. The largest absolute Gasteiger partial charge is 0.481 e. The van der Waals surface area contributed by atoms with Crippen molar-refractivity contribution in [2.24, 2.45) is 23.7 Å². The Morgan fingerprint density at radius 3 is 2.58 bits per heavy atom. The van der Waals surface area contributed by atoms with Crippen LogP contribution in [0.25, 0.3) is 11.3 Å². The number of nitrogens with one attached hydrogen (secondary N) is 1. The minimum atomic E-state index is -0.919. The molecule has 1 amide bonds. The quantitative estimate of drug-likeness (QED) is 0.725. The molecule has 2 aliphatic rings. The first-order chi connectivity index (χ1) is 12.4. The minimum Gasteiger partial charge on any atom is -0.481 e. The second-order valence-corrected chi connectivity index (χ2v) is 8.17. The van der Waals surface area contributed by atoms with Crippen LogP contribution >= 0.6 is 34.5 Å². The molecule has 134 valence electrons. The lowest BCUT2D eigenvalue weighted by atomic mass is 9.82. The van der Waals surface area contributed by atoms with Crippen LogP contribution < -0.4 is 5.32 Å². The van der Waals surface area contributed by atoms with Crippen LogP contribution in [0.4, 0.5) is 5.13 Å². The van der Waals surface area contributed by atoms with Crippen molar-refractivity contribution in [3.05, 3.63) is 45.8 Å². The van der Waals surface area contributed by atoms with E-state index in [9.17, 15) is 14.7 Å². The third-order valence-corrected chi connectivity index (χ3v) is 6.49. The average molecular weight is 409 g/mol. The third-order valence-electron chi connectivity index (χ3n) is 5.00. The van der Waals surface area contributed by atoms with Gasteiger partial charge in [0, 0.05) is 10.9 Å². The van der Waals surface area contributed by atoms with Gasteiger partial charge in [-0.05, 0) is 30.4 Å². The average Bonchev–Trinajstić information content (AvgIpc) is 3.32. The van der Waals surface area contributed by atoms with Crippen molar-refractivity contribution in [1.29, 1.82) is 0 Å². The number of aromatic nitrogens is 1. The summed E-state index contributed by atoms with van der Waals surface area (Å²) in [5.41, 5.74) is 1.47. The predicted octanol–water partition coefficient (Wildman–Crippen LogP) is 4.58. The summed E-state index contributed by atoms with van der Waals surface area (Å²) in [4.78, 5) is 28.7. The number of hydrogen-bond acceptors (Lipinski definition) is 4. The van der Waals surface area contributed by atoms with Gasteiger partial charge in [-0.3, -0.25) is 9.59 Å². The summed E-state index contributed by atoms with van der Waals surface area (Å²) in [6.07, 6.45) is 4.60. The first-order valence-corrected chi connectivity index (χ1v) is 9.70. The van der Waals surface area contributed by atoms with Gasteiger partial charge >= 0.3 is 5.97 Å². The monoisotopic (exact) mass is 408 g/mol. The van der Waals surface area contributed by atoms with Gasteiger partial charge < -0.3 is 10.4 Å². The molecule has 2 aliphatic carbocycles. The number of halogens is 2. The predicted molar refractivity (Wildman–Crippen MR) is 102 cm³/mol. The molecule has 2 aromatic rings. The number of rotatable bonds is 4. The molecule has 0 saturated heterocycles. The molecule has 1 aromatic carbocycles. The lowest BCUT2D eigenvalue weighted by Gasteiger charge is -2.23. The molecule has 1 saturated carbocycles. The summed E-state index contributed by atoms with van der Waals surface area (Å²) in [5.74, 6) is -2.51. The maximum absolute atomic E-state index is 12.7. The van der Waals surface area contributed by atoms with Crippen molar-refractivity contribution in [3.63, 3.8) is 0 Å². The zero-order chi connectivity index (χ0) is 18.4. The van der Waals surface area contributed by atoms with E-state index in [2.05, 4.69) is 10.3 Å². The molecule has 2 N–H and O–H groups in total. The third kappa shape index (κ3) is 3.02. The fraction of sp³-hybridized carbons (Fsp3) is 0.278. The minimum absolute atomic E-state index is 0.0180. The molecule has 5 nitrogen and oxygen atoms in total. The van der Waals surface area contributed by atoms with E-state index in [1.165, 1.54) is 11.3 Å². The number of amides is 1. The van der Waals surface area contributed by atoms with Crippen LogP contribution in [0.1, 0.15) is 6.42 Å². The molecule has 8 heteroatoms. The number of carboxylic acids is 1. The van der Waals surface area contributed by atoms with E-state index < -0.39 is 17.8 Å². The van der Waals surface area contributed by atoms with E-state index in [1.54, 1.807) is 18.2 Å². The van der Waals surface area contributed by atoms with E-state index in [1.807, 2.05) is 17.5 Å². The molecule has 1 heterocycles. The van der Waals surface area contributed by atoms with Crippen LogP contribution in [0.3, 0.4) is 0 Å². The Labute approximate surface area is 163 Å². The number of carbonyl (C=O) groups excluding carboxylic acids is 1. The molecule has 2 bridgehead atoms. The summed E-state index contributed by atoms with van der Waals surface area (Å²) in [6, 6.07) is 5.21. The molecule has 0 unspecified atom stereocenters. The molecular formula is C18H14Cl2N2O3S. The van der Waals surface area contributed by atoms with Crippen molar-refractivity contribution < 1.29 is 14.7 Å². The molecule has 1 fully saturated rings. The van der Waals surface area contributed by atoms with E-state index in [0.29, 0.717) is 20.9 Å². The Bertz CT molecular complexity index is 927. The summed E-state index contributed by atoms with van der Waals surface area (Å²) in [5, 5.41) is 15.4. The van der Waals surface area contributed by atoms with Crippen LogP contribution in [0.5, 0.6) is 0 Å². The van der Waals surface area contributed by atoms with Crippen molar-refractivity contribution in [1.82, 2.24) is 4.98 Å². The van der Waals surface area contributed by atoms with Crippen LogP contribution in [0.2, 0.25) is 10.0 Å². The van der Waals surface area contributed by atoms with Gasteiger partial charge in [-0.2, -0.15) is 0 Å². The van der Waals surface area contributed by atoms with Crippen LogP contribution in [-0.4, -0.2) is 22.0 Å². The highest BCUT2D eigenvalue weighted by molar-refractivity contribution is 7.14. The number of anilines is 1. The van der Waals surface area contributed by atoms with Crippen molar-refractivity contribution in [3.8, 4) is 11.3 Å². The van der Waals surface area contributed by atoms with Gasteiger partial charge in [-0.1, -0.05) is 41.4 Å². The Balaban J connectivity index is 1.52. The number of hydrogen-bond donors (Lipinski definition) is 2. The maximum atomic E-state index is 12.7. The van der Waals surface area contributed by atoms with Crippen LogP contribution in [0, 0.1) is 23.7 Å². The Kier molecular flexibility index (Phi) is 4.50. The van der Waals surface area contributed by atoms with E-state index in [4.69, 9.17) is 23.2 Å². The van der Waals surface area contributed by atoms with Gasteiger partial charge in [-0.25, -0.2) is 4.98 Å². The maximum Gasteiger partial charge on any atom is 0.307 e. The molecule has 0 aliphatic heterocycles. The summed E-state index contributed by atoms with van der Waals surface area (Å²) in [6.45, 7) is 0. The first-order valence-electron chi connectivity index (χ1n) is 8.07. The van der Waals surface area contributed by atoms with Crippen molar-refractivity contribution in [2.45, 2.75) is 6.42 Å². The van der Waals surface area contributed by atoms with Crippen LogP contribution in [-0.2, 0) is 9.59 Å². The van der Waals surface area contributed by atoms with Gasteiger partial charge in [-0.15, -0.1) is 11.3 Å². The van der Waals surface area contributed by atoms with Gasteiger partial charge in [0.25, 0.3) is 0 Å². The van der Waals surface area contributed by atoms with E-state index in [0.717, 1.165) is 12.0 Å². The first kappa shape index (κ1) is 17.5. The van der Waals surface area contributed by atoms with E-state index in [-0.39, 0.29) is 17.7 Å². The van der Waals surface area contributed by atoms with Gasteiger partial charge in [0.1, 0.15) is 0 Å². The van der Waals surface area contributed by atoms with Gasteiger partial charge in [0.2, 0.25) is 5.91 Å². The second-order valence-electron chi connectivity index (χ2n) is 6.49. The van der Waals surface area contributed by atoms with E-state index >= 15 is 0 Å². The lowest BCUT2D eigenvalue weighted by Crippen LogP contribution is -2.36. The lowest BCUT2D eigenvalue weighted by molar-refractivity contribution is -0.146. The number of fused-ring (bicyclic) bond motifs is 2. The number of carboxylic acid groups (broad SMARTS) is 1. The molecule has 4 rings (SSSR count). The number of carbonyl (C=O) groups is 2. The Morgan fingerprint density at radius 1 is 1.15 bits per heavy atom. The Hall–Kier alpha value is -1.89. The van der Waals surface area contributed by atoms with Crippen LogP contribution in [0.15, 0.2) is 35.7 Å². The zero-order valence-corrected chi connectivity index (χ0v) is 15.7. The molecule has 4 atom stereocenters. The molecular weight excluding hydrogens is 395 g/mol. The van der Waals surface area contributed by atoms with Crippen molar-refractivity contribution in [2.75, 3.05) is 5.32 Å². The highest BCUT2D eigenvalue weighted by Gasteiger charge is 2.51. The number of benzene rings is 1. The topological polar surface area (TPSA) is 79.3 Å². The second kappa shape index (κ2) is 6.68. The standard InChI is InChI=1S/C18H14Cl2N2O3S/c19-11-4-3-8(6-12(11)20)13-7-26-18(21-13)22-16(23)14-9-1-2-10(5-9)15(14)17(24)25/h1-4,6-7,9-10,14-15H,5H2,(H,24,25)(H,21,22,23)/t9-,10+,14-,15+/m0/s1. The smallest absolute Gasteiger partial charge is 0.307 e. The molecule has 26 heavy (non-hydrogen) atoms. The number of nitrogens with zero attached hydrogens (tertiary/aromatic N) is 1. The fourth-order valence-corrected chi connectivity index (χ4v) is 4.84.